The summed E-state index contributed by atoms with van der Waals surface area (Å²) in [5, 5.41) is 0. The molecule has 0 rings (SSSR count). The molecule has 10 heavy (non-hydrogen) atoms. The molecule has 61 valence electrons. The summed E-state index contributed by atoms with van der Waals surface area (Å²) in [6.45, 7) is 5.94. The van der Waals surface area contributed by atoms with Crippen LogP contribution in [0.1, 0.15) is 20.3 Å². The van der Waals surface area contributed by atoms with Gasteiger partial charge in [-0.1, -0.05) is 6.92 Å². The molecule has 0 aliphatic heterocycles. The fourth-order valence-corrected chi connectivity index (χ4v) is 0.505. The average molecular weight is 144 g/mol. The van der Waals surface area contributed by atoms with Crippen LogP contribution in [0.5, 0.6) is 0 Å². The van der Waals surface area contributed by atoms with Crippen LogP contribution in [0.2, 0.25) is 0 Å². The van der Waals surface area contributed by atoms with Gasteiger partial charge in [-0.2, -0.15) is 0 Å². The largest absolute Gasteiger partial charge is 0.371 e. The number of likely N-dealkylation sites (N-methyl/N-ethyl adjacent to an activating group) is 1. The van der Waals surface area contributed by atoms with Crippen LogP contribution in [0, 0.1) is 6.10 Å². The molecule has 0 aromatic carbocycles. The third kappa shape index (κ3) is 6.05. The summed E-state index contributed by atoms with van der Waals surface area (Å²) >= 11 is 0. The van der Waals surface area contributed by atoms with Crippen molar-refractivity contribution < 1.29 is 4.74 Å². The highest BCUT2D eigenvalue weighted by molar-refractivity contribution is 4.67. The minimum Gasteiger partial charge on any atom is -0.371 e. The second-order valence-corrected chi connectivity index (χ2v) is 2.71. The van der Waals surface area contributed by atoms with Crippen molar-refractivity contribution >= 4 is 0 Å². The number of rotatable bonds is 5. The van der Waals surface area contributed by atoms with Crippen LogP contribution in [0.3, 0.4) is 0 Å². The van der Waals surface area contributed by atoms with E-state index in [1.54, 1.807) is 0 Å². The van der Waals surface area contributed by atoms with E-state index in [-0.39, 0.29) is 0 Å². The molecule has 0 bridgehead atoms. The first-order chi connectivity index (χ1) is 4.66. The lowest BCUT2D eigenvalue weighted by molar-refractivity contribution is 0.127. The van der Waals surface area contributed by atoms with Crippen LogP contribution in [0.25, 0.3) is 0 Å². The number of hydrogen-bond donors (Lipinski definition) is 0. The van der Waals surface area contributed by atoms with Crippen molar-refractivity contribution in [1.82, 2.24) is 4.90 Å². The Kier molecular flexibility index (Phi) is 5.64. The molecule has 0 atom stereocenters. The molecule has 2 nitrogen and oxygen atoms in total. The van der Waals surface area contributed by atoms with Gasteiger partial charge in [-0.3, -0.25) is 0 Å². The van der Waals surface area contributed by atoms with Gasteiger partial charge >= 0.3 is 0 Å². The van der Waals surface area contributed by atoms with Crippen molar-refractivity contribution in [2.45, 2.75) is 20.3 Å². The Morgan fingerprint density at radius 3 is 2.40 bits per heavy atom. The molecule has 0 aliphatic carbocycles. The predicted molar refractivity (Wildman–Crippen MR) is 43.7 cm³/mol. The second kappa shape index (κ2) is 5.69. The van der Waals surface area contributed by atoms with Gasteiger partial charge in [-0.05, 0) is 27.4 Å². The molecule has 0 saturated carbocycles. The zero-order valence-corrected chi connectivity index (χ0v) is 7.48. The molecule has 0 heterocycles. The average Bonchev–Trinajstić information content (AvgIpc) is 1.87. The van der Waals surface area contributed by atoms with Gasteiger partial charge in [-0.15, -0.1) is 0 Å². The van der Waals surface area contributed by atoms with Crippen molar-refractivity contribution in [3.8, 4) is 0 Å². The number of hydrogen-bond acceptors (Lipinski definition) is 2. The van der Waals surface area contributed by atoms with E-state index in [9.17, 15) is 0 Å². The van der Waals surface area contributed by atoms with E-state index < -0.39 is 0 Å². The molecule has 0 aliphatic rings. The molecular formula is C8H18NO. The van der Waals surface area contributed by atoms with Crippen LogP contribution in [0.15, 0.2) is 0 Å². The fraction of sp³-hybridized carbons (Fsp3) is 0.875. The monoisotopic (exact) mass is 144 g/mol. The van der Waals surface area contributed by atoms with E-state index in [0.717, 1.165) is 25.7 Å². The molecule has 0 aromatic rings. The van der Waals surface area contributed by atoms with E-state index in [4.69, 9.17) is 4.74 Å². The molecule has 0 N–H and O–H groups in total. The van der Waals surface area contributed by atoms with Crippen LogP contribution in [0.4, 0.5) is 0 Å². The highest BCUT2D eigenvalue weighted by Crippen LogP contribution is 2.03. The summed E-state index contributed by atoms with van der Waals surface area (Å²) in [5.41, 5.74) is 0. The first kappa shape index (κ1) is 9.92. The normalized spacial score (nSPS) is 11.4. The van der Waals surface area contributed by atoms with Crippen LogP contribution in [-0.4, -0.2) is 32.1 Å². The summed E-state index contributed by atoms with van der Waals surface area (Å²) in [5.74, 6) is 0. The van der Waals surface area contributed by atoms with Crippen molar-refractivity contribution in [2.24, 2.45) is 0 Å². The Morgan fingerprint density at radius 2 is 2.00 bits per heavy atom. The van der Waals surface area contributed by atoms with Gasteiger partial charge in [0.15, 0.2) is 0 Å². The highest BCUT2D eigenvalue weighted by Gasteiger charge is 1.98. The lowest BCUT2D eigenvalue weighted by Crippen LogP contribution is -2.18. The van der Waals surface area contributed by atoms with E-state index in [1.165, 1.54) is 0 Å². The molecule has 2 heteroatoms. The minimum absolute atomic E-state index is 0.812. The Hall–Kier alpha value is -0.0800. The number of ether oxygens (including phenoxy) is 1. The Balaban J connectivity index is 3.03. The second-order valence-electron chi connectivity index (χ2n) is 2.71. The van der Waals surface area contributed by atoms with E-state index in [1.807, 2.05) is 21.0 Å². The lowest BCUT2D eigenvalue weighted by atomic mass is 10.3. The molecule has 0 fully saturated rings. The van der Waals surface area contributed by atoms with E-state index >= 15 is 0 Å². The molecule has 0 spiro atoms. The van der Waals surface area contributed by atoms with Crippen molar-refractivity contribution in [1.29, 1.82) is 0 Å². The predicted octanol–water partition coefficient (Wildman–Crippen LogP) is 1.53. The zero-order valence-electron chi connectivity index (χ0n) is 7.48. The topological polar surface area (TPSA) is 12.5 Å². The van der Waals surface area contributed by atoms with Crippen LogP contribution in [-0.2, 0) is 4.74 Å². The summed E-state index contributed by atoms with van der Waals surface area (Å²) in [6, 6.07) is 0. The maximum absolute atomic E-state index is 5.38. The van der Waals surface area contributed by atoms with Crippen molar-refractivity contribution in [3.05, 3.63) is 6.10 Å². The smallest absolute Gasteiger partial charge is 0.0938 e. The summed E-state index contributed by atoms with van der Waals surface area (Å²) in [7, 11) is 4.09. The quantitative estimate of drug-likeness (QED) is 0.580. The zero-order chi connectivity index (χ0) is 7.98. The molecule has 0 saturated heterocycles. The van der Waals surface area contributed by atoms with Gasteiger partial charge < -0.3 is 9.64 Å². The summed E-state index contributed by atoms with van der Waals surface area (Å²) < 4.78 is 5.38. The third-order valence-corrected chi connectivity index (χ3v) is 1.38. The van der Waals surface area contributed by atoms with Crippen LogP contribution < -0.4 is 0 Å². The van der Waals surface area contributed by atoms with E-state index in [0.29, 0.717) is 0 Å². The lowest BCUT2D eigenvalue weighted by Gasteiger charge is -2.12. The molecule has 0 amide bonds. The standard InChI is InChI=1S/C8H18NO/c1-5-8(2)10-7-6-9(3)4/h5-7H2,1-4H3. The van der Waals surface area contributed by atoms with Crippen molar-refractivity contribution in [2.75, 3.05) is 27.2 Å². The SMILES string of the molecule is CC[C](C)OCCN(C)C. The minimum atomic E-state index is 0.812. The van der Waals surface area contributed by atoms with Gasteiger partial charge in [0.2, 0.25) is 0 Å². The maximum atomic E-state index is 5.38. The van der Waals surface area contributed by atoms with Gasteiger partial charge in [0, 0.05) is 6.54 Å². The van der Waals surface area contributed by atoms with Gasteiger partial charge in [0.25, 0.3) is 0 Å². The van der Waals surface area contributed by atoms with Gasteiger partial charge in [-0.25, -0.2) is 0 Å². The van der Waals surface area contributed by atoms with Gasteiger partial charge in [0.1, 0.15) is 0 Å². The first-order valence-corrected chi connectivity index (χ1v) is 3.76. The molecular weight excluding hydrogens is 126 g/mol. The molecule has 0 unspecified atom stereocenters. The fourth-order valence-electron chi connectivity index (χ4n) is 0.505. The van der Waals surface area contributed by atoms with E-state index in [2.05, 4.69) is 11.8 Å². The van der Waals surface area contributed by atoms with Gasteiger partial charge in [0.05, 0.1) is 12.7 Å². The summed E-state index contributed by atoms with van der Waals surface area (Å²) in [4.78, 5) is 2.11. The molecule has 0 aromatic heterocycles. The maximum Gasteiger partial charge on any atom is 0.0938 e. The first-order valence-electron chi connectivity index (χ1n) is 3.76. The summed E-state index contributed by atoms with van der Waals surface area (Å²) in [6.07, 6.45) is 2.15. The molecule has 1 radical (unpaired) electrons. The van der Waals surface area contributed by atoms with Crippen LogP contribution >= 0.6 is 0 Å². The third-order valence-electron chi connectivity index (χ3n) is 1.38. The highest BCUT2D eigenvalue weighted by atomic mass is 16.5. The van der Waals surface area contributed by atoms with Crippen molar-refractivity contribution in [3.63, 3.8) is 0 Å². The number of nitrogens with zero attached hydrogens (tertiary/aromatic N) is 1. The Bertz CT molecular complexity index is 73.7. The Labute approximate surface area is 64.2 Å². The Morgan fingerprint density at radius 1 is 1.40 bits per heavy atom.